The van der Waals surface area contributed by atoms with Crippen LogP contribution in [0.3, 0.4) is 0 Å². The number of aliphatic hydroxyl groups excluding tert-OH is 2. The second kappa shape index (κ2) is 26.5. The number of allylic oxidation sites excluding steroid dienone is 12. The summed E-state index contributed by atoms with van der Waals surface area (Å²) in [6.45, 7) is 1.14. The van der Waals surface area contributed by atoms with Gasteiger partial charge >= 0.3 is 5.97 Å². The number of carbonyl (C=O) groups excluding carboxylic acids is 3. The van der Waals surface area contributed by atoms with Gasteiger partial charge in [-0.15, -0.1) is 0 Å². The van der Waals surface area contributed by atoms with Gasteiger partial charge in [0.2, 0.25) is 5.91 Å². The summed E-state index contributed by atoms with van der Waals surface area (Å²) < 4.78 is 5.07. The van der Waals surface area contributed by atoms with Crippen LogP contribution in [0.4, 0.5) is 0 Å². The number of esters is 1. The van der Waals surface area contributed by atoms with Crippen LogP contribution in [-0.2, 0) is 14.3 Å². The molecule has 0 aliphatic heterocycles. The molecule has 0 saturated carbocycles. The first-order chi connectivity index (χ1) is 21.5. The van der Waals surface area contributed by atoms with Crippen LogP contribution < -0.4 is 10.6 Å². The summed E-state index contributed by atoms with van der Waals surface area (Å²) in [6.07, 6.45) is 33.9. The molecule has 4 N–H and O–H groups in total. The fraction of sp³-hybridized carbons (Fsp3) is 0.429. The molecule has 1 rings (SSSR count). The van der Waals surface area contributed by atoms with E-state index in [1.807, 2.05) is 12.2 Å². The van der Waals surface area contributed by atoms with E-state index in [0.717, 1.165) is 38.5 Å². The number of amides is 2. The highest BCUT2D eigenvalue weighted by atomic mass is 16.6. The van der Waals surface area contributed by atoms with E-state index in [1.165, 1.54) is 12.4 Å². The first-order valence-electron chi connectivity index (χ1n) is 15.3. The topological polar surface area (TPSA) is 138 Å². The van der Waals surface area contributed by atoms with E-state index >= 15 is 0 Å². The van der Waals surface area contributed by atoms with Crippen molar-refractivity contribution in [3.05, 3.63) is 103 Å². The van der Waals surface area contributed by atoms with Crippen molar-refractivity contribution in [3.8, 4) is 0 Å². The highest BCUT2D eigenvalue weighted by Gasteiger charge is 2.25. The first kappa shape index (κ1) is 37.9. The van der Waals surface area contributed by atoms with E-state index < -0.39 is 37.2 Å². The van der Waals surface area contributed by atoms with E-state index in [4.69, 9.17) is 4.74 Å². The molecule has 0 radical (unpaired) electrons. The van der Waals surface area contributed by atoms with Crippen LogP contribution in [0.2, 0.25) is 0 Å². The van der Waals surface area contributed by atoms with Crippen molar-refractivity contribution in [3.63, 3.8) is 0 Å². The van der Waals surface area contributed by atoms with Crippen molar-refractivity contribution in [2.24, 2.45) is 0 Å². The molecule has 1 unspecified atom stereocenters. The normalized spacial score (nSPS) is 12.9. The number of ether oxygens (including phenoxy) is 1. The molecule has 0 fully saturated rings. The molecule has 9 nitrogen and oxygen atoms in total. The van der Waals surface area contributed by atoms with Crippen molar-refractivity contribution in [1.29, 1.82) is 0 Å². The third-order valence-electron chi connectivity index (χ3n) is 6.09. The van der Waals surface area contributed by atoms with Crippen molar-refractivity contribution < 1.29 is 29.3 Å². The van der Waals surface area contributed by atoms with Gasteiger partial charge in [-0.2, -0.15) is 0 Å². The van der Waals surface area contributed by atoms with Gasteiger partial charge in [0, 0.05) is 25.4 Å². The van der Waals surface area contributed by atoms with Gasteiger partial charge in [0.25, 0.3) is 5.91 Å². The number of nitrogens with one attached hydrogen (secondary N) is 2. The van der Waals surface area contributed by atoms with Gasteiger partial charge in [0.15, 0.2) is 0 Å². The first-order valence-corrected chi connectivity index (χ1v) is 15.3. The molecule has 0 saturated heterocycles. The number of pyridine rings is 1. The van der Waals surface area contributed by atoms with E-state index in [-0.39, 0.29) is 30.9 Å². The zero-order valence-corrected chi connectivity index (χ0v) is 25.9. The lowest BCUT2D eigenvalue weighted by atomic mass is 10.1. The lowest BCUT2D eigenvalue weighted by molar-refractivity contribution is -0.156. The zero-order valence-electron chi connectivity index (χ0n) is 25.9. The van der Waals surface area contributed by atoms with Gasteiger partial charge in [-0.05, 0) is 63.5 Å². The molecule has 0 aromatic carbocycles. The molecule has 0 spiro atoms. The Morgan fingerprint density at radius 3 is 1.89 bits per heavy atom. The average molecular weight is 608 g/mol. The predicted octanol–water partition coefficient (Wildman–Crippen LogP) is 5.06. The molecule has 9 heteroatoms. The zero-order chi connectivity index (χ0) is 32.1. The standard InChI is InChI=1S/C35H49N3O6/c1-2-3-4-5-6-7-8-9-10-11-12-13-14-15-16-17-18-19-20-23-33(41)37-26-24-32(35(43)44-31(28-39)29-40)38-34(42)30-22-21-25-36-27-30/h3-4,6-7,9-10,12-13,15-16,18-19,21-22,25,27,31-32,39-40H,2,5,8,11,14,17,20,23-24,26,28-29H2,1H3,(H,37,41)(H,38,42). The van der Waals surface area contributed by atoms with Crippen molar-refractivity contribution in [2.45, 2.75) is 76.9 Å². The summed E-state index contributed by atoms with van der Waals surface area (Å²) in [7, 11) is 0. The maximum Gasteiger partial charge on any atom is 0.329 e. The minimum Gasteiger partial charge on any atom is -0.456 e. The minimum atomic E-state index is -1.10. The van der Waals surface area contributed by atoms with E-state index in [2.05, 4.69) is 83.3 Å². The second-order valence-electron chi connectivity index (χ2n) is 9.78. The molecule has 1 atom stereocenters. The average Bonchev–Trinajstić information content (AvgIpc) is 3.04. The predicted molar refractivity (Wildman–Crippen MR) is 175 cm³/mol. The van der Waals surface area contributed by atoms with Gasteiger partial charge < -0.3 is 25.6 Å². The highest BCUT2D eigenvalue weighted by molar-refractivity contribution is 5.96. The van der Waals surface area contributed by atoms with Crippen LogP contribution in [0.25, 0.3) is 0 Å². The maximum atomic E-state index is 12.6. The van der Waals surface area contributed by atoms with Gasteiger partial charge in [0.1, 0.15) is 12.1 Å². The summed E-state index contributed by atoms with van der Waals surface area (Å²) in [5.41, 5.74) is 0.256. The largest absolute Gasteiger partial charge is 0.456 e. The van der Waals surface area contributed by atoms with Crippen LogP contribution in [0.15, 0.2) is 97.4 Å². The maximum absolute atomic E-state index is 12.6. The Balaban J connectivity index is 2.28. The molecule has 1 aromatic rings. The van der Waals surface area contributed by atoms with Crippen molar-refractivity contribution in [1.82, 2.24) is 15.6 Å². The molecule has 44 heavy (non-hydrogen) atoms. The number of carbonyl (C=O) groups is 3. The molecule has 0 aliphatic carbocycles. The number of hydrogen-bond donors (Lipinski definition) is 4. The molecule has 0 bridgehead atoms. The lowest BCUT2D eigenvalue weighted by Gasteiger charge is -2.21. The number of aromatic nitrogens is 1. The smallest absolute Gasteiger partial charge is 0.329 e. The Bertz CT molecular complexity index is 1100. The third kappa shape index (κ3) is 19.9. The second-order valence-corrected chi connectivity index (χ2v) is 9.78. The molecule has 0 aliphatic rings. The van der Waals surface area contributed by atoms with Gasteiger partial charge in [-0.25, -0.2) is 4.79 Å². The molecule has 2 amide bonds. The SMILES string of the molecule is CCC=CCC=CCC=CCC=CCC=CCC=CCCC(=O)NCCC(NC(=O)c1cccnc1)C(=O)OC(CO)CO. The monoisotopic (exact) mass is 607 g/mol. The molecule has 1 aromatic heterocycles. The summed E-state index contributed by atoms with van der Waals surface area (Å²) in [4.78, 5) is 41.2. The Morgan fingerprint density at radius 1 is 0.841 bits per heavy atom. The minimum absolute atomic E-state index is 0.0695. The number of nitrogens with zero attached hydrogens (tertiary/aromatic N) is 1. The fourth-order valence-electron chi connectivity index (χ4n) is 3.66. The summed E-state index contributed by atoms with van der Waals surface area (Å²) in [5, 5.41) is 23.7. The van der Waals surface area contributed by atoms with E-state index in [9.17, 15) is 24.6 Å². The van der Waals surface area contributed by atoms with Crippen molar-refractivity contribution in [2.75, 3.05) is 19.8 Å². The summed E-state index contributed by atoms with van der Waals surface area (Å²) in [6, 6.07) is 2.05. The van der Waals surface area contributed by atoms with E-state index in [0.29, 0.717) is 6.42 Å². The molecule has 240 valence electrons. The number of rotatable bonds is 23. The summed E-state index contributed by atoms with van der Waals surface area (Å²) in [5.74, 6) is -1.53. The van der Waals surface area contributed by atoms with Crippen LogP contribution in [0, 0.1) is 0 Å². The third-order valence-corrected chi connectivity index (χ3v) is 6.09. The molecule has 1 heterocycles. The molecular weight excluding hydrogens is 558 g/mol. The Morgan fingerprint density at radius 2 is 1.39 bits per heavy atom. The lowest BCUT2D eigenvalue weighted by Crippen LogP contribution is -2.45. The number of aliphatic hydroxyl groups is 2. The van der Waals surface area contributed by atoms with Crippen LogP contribution in [0.1, 0.15) is 75.1 Å². The van der Waals surface area contributed by atoms with Gasteiger partial charge in [-0.1, -0.05) is 79.8 Å². The van der Waals surface area contributed by atoms with Gasteiger partial charge in [-0.3, -0.25) is 14.6 Å². The van der Waals surface area contributed by atoms with Crippen molar-refractivity contribution >= 4 is 17.8 Å². The van der Waals surface area contributed by atoms with Crippen LogP contribution in [-0.4, -0.2) is 64.9 Å². The quantitative estimate of drug-likeness (QED) is 0.101. The Hall–Kier alpha value is -4.08. The van der Waals surface area contributed by atoms with Crippen LogP contribution in [0.5, 0.6) is 0 Å². The van der Waals surface area contributed by atoms with Crippen LogP contribution >= 0.6 is 0 Å². The Kier molecular flexibility index (Phi) is 22.9. The summed E-state index contributed by atoms with van der Waals surface area (Å²) >= 11 is 0. The Labute approximate surface area is 262 Å². The highest BCUT2D eigenvalue weighted by Crippen LogP contribution is 2.04. The number of hydrogen-bond acceptors (Lipinski definition) is 7. The molecular formula is C35H49N3O6. The fourth-order valence-corrected chi connectivity index (χ4v) is 3.66. The van der Waals surface area contributed by atoms with Gasteiger partial charge in [0.05, 0.1) is 18.8 Å². The van der Waals surface area contributed by atoms with E-state index in [1.54, 1.807) is 12.1 Å².